The van der Waals surface area contributed by atoms with Crippen LogP contribution in [0.2, 0.25) is 0 Å². The largest absolute Gasteiger partial charge is 0.480 e. The zero-order chi connectivity index (χ0) is 18.2. The molecule has 0 aliphatic carbocycles. The van der Waals surface area contributed by atoms with E-state index in [0.717, 1.165) is 5.56 Å². The molecule has 2 amide bonds. The van der Waals surface area contributed by atoms with E-state index < -0.39 is 17.4 Å². The molecule has 0 aliphatic heterocycles. The van der Waals surface area contributed by atoms with Gasteiger partial charge in [-0.3, -0.25) is 9.59 Å². The molecule has 0 heterocycles. The van der Waals surface area contributed by atoms with E-state index in [1.807, 2.05) is 51.1 Å². The highest BCUT2D eigenvalue weighted by Gasteiger charge is 2.21. The SMILES string of the molecule is CC(C)(C)C(=O)NCCCC(=O)N[C@@H](Cc1ccccc1)C(=O)O. The average molecular weight is 334 g/mol. The first-order valence-corrected chi connectivity index (χ1v) is 8.04. The van der Waals surface area contributed by atoms with Crippen molar-refractivity contribution >= 4 is 17.8 Å². The minimum absolute atomic E-state index is 0.0737. The molecule has 6 heteroatoms. The van der Waals surface area contributed by atoms with E-state index in [9.17, 15) is 19.5 Å². The first-order chi connectivity index (χ1) is 11.2. The zero-order valence-corrected chi connectivity index (χ0v) is 14.5. The van der Waals surface area contributed by atoms with Gasteiger partial charge in [0.25, 0.3) is 0 Å². The Morgan fingerprint density at radius 3 is 2.29 bits per heavy atom. The zero-order valence-electron chi connectivity index (χ0n) is 14.5. The van der Waals surface area contributed by atoms with Gasteiger partial charge < -0.3 is 15.7 Å². The second kappa shape index (κ2) is 9.05. The Labute approximate surface area is 142 Å². The number of amides is 2. The highest BCUT2D eigenvalue weighted by molar-refractivity contribution is 5.84. The Morgan fingerprint density at radius 2 is 1.75 bits per heavy atom. The summed E-state index contributed by atoms with van der Waals surface area (Å²) in [6, 6.07) is 8.20. The fourth-order valence-corrected chi connectivity index (χ4v) is 2.03. The molecule has 1 aromatic carbocycles. The standard InChI is InChI=1S/C18H26N2O4/c1-18(2,3)17(24)19-11-7-10-15(21)20-14(16(22)23)12-13-8-5-4-6-9-13/h4-6,8-9,14H,7,10-12H2,1-3H3,(H,19,24)(H,20,21)(H,22,23)/t14-/m0/s1. The van der Waals surface area contributed by atoms with Gasteiger partial charge in [0.1, 0.15) is 6.04 Å². The quantitative estimate of drug-likeness (QED) is 0.631. The topological polar surface area (TPSA) is 95.5 Å². The number of aliphatic carboxylic acids is 1. The molecule has 0 unspecified atom stereocenters. The van der Waals surface area contributed by atoms with Crippen molar-refractivity contribution in [1.82, 2.24) is 10.6 Å². The van der Waals surface area contributed by atoms with E-state index >= 15 is 0 Å². The number of carbonyl (C=O) groups is 3. The van der Waals surface area contributed by atoms with Crippen LogP contribution in [0, 0.1) is 5.41 Å². The number of carboxylic acids is 1. The Hall–Kier alpha value is -2.37. The van der Waals surface area contributed by atoms with E-state index in [1.54, 1.807) is 0 Å². The lowest BCUT2D eigenvalue weighted by Crippen LogP contribution is -2.42. The predicted molar refractivity (Wildman–Crippen MR) is 91.4 cm³/mol. The maximum atomic E-state index is 11.9. The predicted octanol–water partition coefficient (Wildman–Crippen LogP) is 1.74. The van der Waals surface area contributed by atoms with Crippen molar-refractivity contribution in [2.75, 3.05) is 6.54 Å². The molecular weight excluding hydrogens is 308 g/mol. The van der Waals surface area contributed by atoms with Crippen LogP contribution in [0.25, 0.3) is 0 Å². The molecule has 0 saturated heterocycles. The first kappa shape index (κ1) is 19.7. The Balaban J connectivity index is 2.38. The van der Waals surface area contributed by atoms with Gasteiger partial charge in [-0.05, 0) is 12.0 Å². The van der Waals surface area contributed by atoms with Crippen LogP contribution in [0.1, 0.15) is 39.2 Å². The second-order valence-corrected chi connectivity index (χ2v) is 6.76. The van der Waals surface area contributed by atoms with Gasteiger partial charge >= 0.3 is 5.97 Å². The molecule has 132 valence electrons. The van der Waals surface area contributed by atoms with Crippen molar-refractivity contribution in [2.45, 2.75) is 46.1 Å². The number of nitrogens with one attached hydrogen (secondary N) is 2. The van der Waals surface area contributed by atoms with Crippen molar-refractivity contribution in [2.24, 2.45) is 5.41 Å². The van der Waals surface area contributed by atoms with E-state index in [1.165, 1.54) is 0 Å². The molecule has 1 rings (SSSR count). The summed E-state index contributed by atoms with van der Waals surface area (Å²) in [4.78, 5) is 34.9. The summed E-state index contributed by atoms with van der Waals surface area (Å²) in [6.07, 6.45) is 0.872. The monoisotopic (exact) mass is 334 g/mol. The molecule has 0 fully saturated rings. The van der Waals surface area contributed by atoms with Crippen LogP contribution in [-0.2, 0) is 20.8 Å². The van der Waals surface area contributed by atoms with Crippen LogP contribution in [-0.4, -0.2) is 35.5 Å². The highest BCUT2D eigenvalue weighted by Crippen LogP contribution is 2.12. The first-order valence-electron chi connectivity index (χ1n) is 8.04. The summed E-state index contributed by atoms with van der Waals surface area (Å²) in [5.41, 5.74) is 0.384. The number of hydrogen-bond acceptors (Lipinski definition) is 3. The molecule has 0 spiro atoms. The third kappa shape index (κ3) is 7.26. The number of carbonyl (C=O) groups excluding carboxylic acids is 2. The summed E-state index contributed by atoms with van der Waals surface area (Å²) in [7, 11) is 0. The number of rotatable bonds is 8. The maximum absolute atomic E-state index is 11.9. The molecule has 0 radical (unpaired) electrons. The molecule has 0 aromatic heterocycles. The van der Waals surface area contributed by atoms with Crippen molar-refractivity contribution in [3.8, 4) is 0 Å². The summed E-state index contributed by atoms with van der Waals surface area (Å²) in [5.74, 6) is -1.47. The van der Waals surface area contributed by atoms with E-state index in [4.69, 9.17) is 0 Å². The minimum atomic E-state index is -1.06. The fourth-order valence-electron chi connectivity index (χ4n) is 2.03. The van der Waals surface area contributed by atoms with Crippen molar-refractivity contribution in [3.05, 3.63) is 35.9 Å². The molecular formula is C18H26N2O4. The van der Waals surface area contributed by atoms with Gasteiger partial charge in [-0.25, -0.2) is 4.79 Å². The van der Waals surface area contributed by atoms with Crippen molar-refractivity contribution in [1.29, 1.82) is 0 Å². The van der Waals surface area contributed by atoms with Gasteiger partial charge in [-0.15, -0.1) is 0 Å². The second-order valence-electron chi connectivity index (χ2n) is 6.76. The van der Waals surface area contributed by atoms with Gasteiger partial charge in [0, 0.05) is 24.8 Å². The number of hydrogen-bond donors (Lipinski definition) is 3. The van der Waals surface area contributed by atoms with Crippen LogP contribution < -0.4 is 10.6 Å². The smallest absolute Gasteiger partial charge is 0.326 e. The van der Waals surface area contributed by atoms with Gasteiger partial charge in [-0.2, -0.15) is 0 Å². The van der Waals surface area contributed by atoms with Gasteiger partial charge in [0.05, 0.1) is 0 Å². The van der Waals surface area contributed by atoms with Gasteiger partial charge in [0.15, 0.2) is 0 Å². The summed E-state index contributed by atoms with van der Waals surface area (Å²) >= 11 is 0. The molecule has 24 heavy (non-hydrogen) atoms. The number of benzene rings is 1. The minimum Gasteiger partial charge on any atom is -0.480 e. The normalized spacial score (nSPS) is 12.3. The van der Waals surface area contributed by atoms with Crippen LogP contribution in [0.5, 0.6) is 0 Å². The molecule has 0 bridgehead atoms. The summed E-state index contributed by atoms with van der Waals surface area (Å²) < 4.78 is 0. The highest BCUT2D eigenvalue weighted by atomic mass is 16.4. The molecule has 3 N–H and O–H groups in total. The van der Waals surface area contributed by atoms with E-state index in [-0.39, 0.29) is 24.7 Å². The Kier molecular flexibility index (Phi) is 7.42. The lowest BCUT2D eigenvalue weighted by atomic mass is 9.96. The van der Waals surface area contributed by atoms with Crippen LogP contribution in [0.3, 0.4) is 0 Å². The van der Waals surface area contributed by atoms with E-state index in [2.05, 4.69) is 10.6 Å². The summed E-state index contributed by atoms with van der Waals surface area (Å²) in [6.45, 7) is 5.84. The van der Waals surface area contributed by atoms with Crippen LogP contribution in [0.15, 0.2) is 30.3 Å². The molecule has 0 aliphatic rings. The molecule has 1 aromatic rings. The summed E-state index contributed by atoms with van der Waals surface area (Å²) in [5, 5.41) is 14.5. The average Bonchev–Trinajstić information content (AvgIpc) is 2.50. The third-order valence-corrected chi connectivity index (χ3v) is 3.46. The lowest BCUT2D eigenvalue weighted by molar-refractivity contribution is -0.141. The molecule has 6 nitrogen and oxygen atoms in total. The fraction of sp³-hybridized carbons (Fsp3) is 0.500. The molecule has 0 saturated carbocycles. The van der Waals surface area contributed by atoms with Crippen LogP contribution >= 0.6 is 0 Å². The van der Waals surface area contributed by atoms with Gasteiger partial charge in [-0.1, -0.05) is 51.1 Å². The van der Waals surface area contributed by atoms with E-state index in [0.29, 0.717) is 13.0 Å². The van der Waals surface area contributed by atoms with Crippen molar-refractivity contribution in [3.63, 3.8) is 0 Å². The third-order valence-electron chi connectivity index (χ3n) is 3.46. The lowest BCUT2D eigenvalue weighted by Gasteiger charge is -2.18. The number of carboxylic acid groups (broad SMARTS) is 1. The molecule has 1 atom stereocenters. The Bertz CT molecular complexity index is 564. The Morgan fingerprint density at radius 1 is 1.12 bits per heavy atom. The van der Waals surface area contributed by atoms with Crippen LogP contribution in [0.4, 0.5) is 0 Å². The maximum Gasteiger partial charge on any atom is 0.326 e. The van der Waals surface area contributed by atoms with Gasteiger partial charge in [0.2, 0.25) is 11.8 Å². The van der Waals surface area contributed by atoms with Crippen molar-refractivity contribution < 1.29 is 19.5 Å².